The Morgan fingerprint density at radius 3 is 2.79 bits per heavy atom. The molecule has 4 rings (SSSR count). The zero-order valence-corrected chi connectivity index (χ0v) is 15.7. The Morgan fingerprint density at radius 2 is 2.04 bits per heavy atom. The lowest BCUT2D eigenvalue weighted by molar-refractivity contribution is -0.605. The fourth-order valence-electron chi connectivity index (χ4n) is 3.37. The molecular formula is C21H20N4O3. The highest BCUT2D eigenvalue weighted by Crippen LogP contribution is 2.37. The number of hydrogen-bond acceptors (Lipinski definition) is 5. The molecule has 142 valence electrons. The van der Waals surface area contributed by atoms with Crippen LogP contribution < -0.4 is 14.8 Å². The van der Waals surface area contributed by atoms with Gasteiger partial charge in [-0.15, -0.1) is 0 Å². The number of rotatable bonds is 4. The average molecular weight is 376 g/mol. The Labute approximate surface area is 162 Å². The Hall–Kier alpha value is -3.48. The highest BCUT2D eigenvalue weighted by atomic mass is 16.5. The number of pyridine rings is 1. The highest BCUT2D eigenvalue weighted by molar-refractivity contribution is 5.93. The largest absolute Gasteiger partial charge is 0.619 e. The summed E-state index contributed by atoms with van der Waals surface area (Å²) in [5, 5.41) is 14.2. The number of fused-ring (bicyclic) bond motifs is 1. The van der Waals surface area contributed by atoms with E-state index in [1.807, 2.05) is 38.1 Å². The standard InChI is InChI=1S/C21H20N4O3/c1-13-9-14(2)24-20(23-13)18-7-3-5-15-10-17(28-19(15)18)11-22-21(26)16-6-4-8-25(27)12-16/h3-9,12,17H,10-11H2,1-2H3,(H,22,26). The van der Waals surface area contributed by atoms with E-state index in [9.17, 15) is 10.0 Å². The van der Waals surface area contributed by atoms with Crippen LogP contribution in [0.1, 0.15) is 27.3 Å². The molecule has 0 spiro atoms. The molecule has 7 heteroatoms. The van der Waals surface area contributed by atoms with Crippen molar-refractivity contribution in [2.45, 2.75) is 26.4 Å². The lowest BCUT2D eigenvalue weighted by Gasteiger charge is -2.13. The van der Waals surface area contributed by atoms with Crippen LogP contribution in [0, 0.1) is 19.1 Å². The molecule has 2 aromatic heterocycles. The van der Waals surface area contributed by atoms with Gasteiger partial charge in [-0.2, -0.15) is 4.73 Å². The van der Waals surface area contributed by atoms with Crippen LogP contribution in [0.4, 0.5) is 0 Å². The molecule has 1 unspecified atom stereocenters. The topological polar surface area (TPSA) is 91.0 Å². The predicted octanol–water partition coefficient (Wildman–Crippen LogP) is 2.13. The van der Waals surface area contributed by atoms with Crippen LogP contribution in [0.15, 0.2) is 48.8 Å². The van der Waals surface area contributed by atoms with Gasteiger partial charge in [0.1, 0.15) is 17.4 Å². The van der Waals surface area contributed by atoms with Gasteiger partial charge in [-0.3, -0.25) is 4.79 Å². The van der Waals surface area contributed by atoms with E-state index in [1.165, 1.54) is 12.4 Å². The van der Waals surface area contributed by atoms with Crippen molar-refractivity contribution in [2.75, 3.05) is 6.54 Å². The molecule has 28 heavy (non-hydrogen) atoms. The number of nitrogens with zero attached hydrogens (tertiary/aromatic N) is 3. The van der Waals surface area contributed by atoms with E-state index in [0.717, 1.165) is 28.3 Å². The normalized spacial score (nSPS) is 15.0. The maximum Gasteiger partial charge on any atom is 0.257 e. The molecule has 7 nitrogen and oxygen atoms in total. The Morgan fingerprint density at radius 1 is 1.25 bits per heavy atom. The van der Waals surface area contributed by atoms with Crippen LogP contribution in [-0.4, -0.2) is 28.5 Å². The zero-order valence-electron chi connectivity index (χ0n) is 15.7. The molecular weight excluding hydrogens is 356 g/mol. The SMILES string of the molecule is Cc1cc(C)nc(-c2cccc3c2OC(CNC(=O)c2ccc[n+]([O-])c2)C3)n1. The van der Waals surface area contributed by atoms with Crippen molar-refractivity contribution in [3.63, 3.8) is 0 Å². The van der Waals surface area contributed by atoms with Crippen LogP contribution in [-0.2, 0) is 6.42 Å². The average Bonchev–Trinajstić information content (AvgIpc) is 3.08. The van der Waals surface area contributed by atoms with Crippen molar-refractivity contribution < 1.29 is 14.3 Å². The summed E-state index contributed by atoms with van der Waals surface area (Å²) in [5.74, 6) is 1.11. The summed E-state index contributed by atoms with van der Waals surface area (Å²) < 4.78 is 6.72. The lowest BCUT2D eigenvalue weighted by Crippen LogP contribution is -2.36. The van der Waals surface area contributed by atoms with Gasteiger partial charge >= 0.3 is 0 Å². The van der Waals surface area contributed by atoms with Crippen LogP contribution in [0.3, 0.4) is 0 Å². The summed E-state index contributed by atoms with van der Waals surface area (Å²) in [6.45, 7) is 4.22. The van der Waals surface area contributed by atoms with E-state index in [1.54, 1.807) is 12.1 Å². The summed E-state index contributed by atoms with van der Waals surface area (Å²) >= 11 is 0. The fourth-order valence-corrected chi connectivity index (χ4v) is 3.37. The first-order chi connectivity index (χ1) is 13.5. The van der Waals surface area contributed by atoms with E-state index < -0.39 is 0 Å². The molecule has 3 heterocycles. The number of benzene rings is 1. The third kappa shape index (κ3) is 3.64. The maximum absolute atomic E-state index is 12.3. The van der Waals surface area contributed by atoms with Gasteiger partial charge in [0, 0.05) is 23.9 Å². The number of ether oxygens (including phenoxy) is 1. The van der Waals surface area contributed by atoms with Gasteiger partial charge in [0.15, 0.2) is 18.2 Å². The highest BCUT2D eigenvalue weighted by Gasteiger charge is 2.27. The predicted molar refractivity (Wildman–Crippen MR) is 103 cm³/mol. The first-order valence-electron chi connectivity index (χ1n) is 9.08. The molecule has 1 N–H and O–H groups in total. The summed E-state index contributed by atoms with van der Waals surface area (Å²) in [6, 6.07) is 11.0. The third-order valence-corrected chi connectivity index (χ3v) is 4.58. The van der Waals surface area contributed by atoms with E-state index in [0.29, 0.717) is 29.1 Å². The molecule has 1 atom stereocenters. The molecule has 0 saturated heterocycles. The van der Waals surface area contributed by atoms with Crippen molar-refractivity contribution in [1.29, 1.82) is 0 Å². The second kappa shape index (κ2) is 7.26. The number of para-hydroxylation sites is 1. The summed E-state index contributed by atoms with van der Waals surface area (Å²) in [5.41, 5.74) is 4.04. The smallest absolute Gasteiger partial charge is 0.257 e. The van der Waals surface area contributed by atoms with Gasteiger partial charge in [-0.25, -0.2) is 9.97 Å². The summed E-state index contributed by atoms with van der Waals surface area (Å²) in [4.78, 5) is 21.3. The summed E-state index contributed by atoms with van der Waals surface area (Å²) in [7, 11) is 0. The first kappa shape index (κ1) is 17.9. The fraction of sp³-hybridized carbons (Fsp3) is 0.238. The summed E-state index contributed by atoms with van der Waals surface area (Å²) in [6.07, 6.45) is 3.08. The Kier molecular flexibility index (Phi) is 4.65. The molecule has 1 aliphatic rings. The molecule has 0 saturated carbocycles. The molecule has 3 aromatic rings. The van der Waals surface area contributed by atoms with E-state index in [-0.39, 0.29) is 12.0 Å². The van der Waals surface area contributed by atoms with Crippen molar-refractivity contribution in [2.24, 2.45) is 0 Å². The number of carbonyl (C=O) groups excluding carboxylic acids is 1. The molecule has 1 aliphatic heterocycles. The molecule has 1 amide bonds. The zero-order chi connectivity index (χ0) is 19.7. The monoisotopic (exact) mass is 376 g/mol. The number of carbonyl (C=O) groups is 1. The second-order valence-electron chi connectivity index (χ2n) is 6.87. The van der Waals surface area contributed by atoms with Crippen LogP contribution in [0.2, 0.25) is 0 Å². The third-order valence-electron chi connectivity index (χ3n) is 4.58. The number of hydrogen-bond donors (Lipinski definition) is 1. The van der Waals surface area contributed by atoms with Gasteiger partial charge in [-0.05, 0) is 37.6 Å². The minimum atomic E-state index is -0.303. The van der Waals surface area contributed by atoms with E-state index in [4.69, 9.17) is 4.74 Å². The molecule has 0 bridgehead atoms. The van der Waals surface area contributed by atoms with E-state index in [2.05, 4.69) is 15.3 Å². The van der Waals surface area contributed by atoms with Crippen molar-refractivity contribution in [1.82, 2.24) is 15.3 Å². The minimum Gasteiger partial charge on any atom is -0.619 e. The van der Waals surface area contributed by atoms with Crippen LogP contribution >= 0.6 is 0 Å². The number of aryl methyl sites for hydroxylation is 2. The minimum absolute atomic E-state index is 0.186. The first-order valence-corrected chi connectivity index (χ1v) is 9.08. The van der Waals surface area contributed by atoms with Gasteiger partial charge in [0.25, 0.3) is 5.91 Å². The van der Waals surface area contributed by atoms with Crippen molar-refractivity contribution >= 4 is 5.91 Å². The Bertz CT molecular complexity index is 1030. The maximum atomic E-state index is 12.3. The van der Waals surface area contributed by atoms with E-state index >= 15 is 0 Å². The number of nitrogens with one attached hydrogen (secondary N) is 1. The lowest BCUT2D eigenvalue weighted by atomic mass is 10.1. The van der Waals surface area contributed by atoms with Gasteiger partial charge in [0.2, 0.25) is 0 Å². The van der Waals surface area contributed by atoms with Crippen LogP contribution in [0.25, 0.3) is 11.4 Å². The quantitative estimate of drug-likeness (QED) is 0.556. The van der Waals surface area contributed by atoms with Gasteiger partial charge in [-0.1, -0.05) is 12.1 Å². The molecule has 1 aromatic carbocycles. The van der Waals surface area contributed by atoms with Gasteiger partial charge < -0.3 is 15.3 Å². The van der Waals surface area contributed by atoms with Crippen LogP contribution in [0.5, 0.6) is 5.75 Å². The number of aromatic nitrogens is 3. The van der Waals surface area contributed by atoms with Crippen molar-refractivity contribution in [3.05, 3.63) is 76.5 Å². The second-order valence-corrected chi connectivity index (χ2v) is 6.87. The Balaban J connectivity index is 1.49. The molecule has 0 aliphatic carbocycles. The molecule has 0 radical (unpaired) electrons. The number of amides is 1. The van der Waals surface area contributed by atoms with Crippen molar-refractivity contribution in [3.8, 4) is 17.1 Å². The molecule has 0 fully saturated rings. The van der Waals surface area contributed by atoms with Gasteiger partial charge in [0.05, 0.1) is 12.1 Å².